The van der Waals surface area contributed by atoms with Crippen molar-refractivity contribution in [2.75, 3.05) is 10.6 Å². The van der Waals surface area contributed by atoms with Crippen molar-refractivity contribution < 1.29 is 0 Å². The van der Waals surface area contributed by atoms with Gasteiger partial charge in [0.25, 0.3) is 0 Å². The summed E-state index contributed by atoms with van der Waals surface area (Å²) in [6.45, 7) is 2.14. The van der Waals surface area contributed by atoms with Crippen LogP contribution in [0.4, 0.5) is 11.4 Å². The monoisotopic (exact) mass is 192 g/mol. The number of thiocarbonyl (C=S) groups is 1. The standard InChI is InChI=1S/C10H12N2S/c1-7-6-10(13)12-9-5-3-2-4-8(9)11-7/h2-5,7,11H,6H2,1H3,(H,12,13)/t7-/m0/s1. The van der Waals surface area contributed by atoms with Gasteiger partial charge in [0.05, 0.1) is 16.4 Å². The number of hydrogen-bond donors (Lipinski definition) is 2. The van der Waals surface area contributed by atoms with E-state index in [1.54, 1.807) is 0 Å². The van der Waals surface area contributed by atoms with Crippen molar-refractivity contribution in [1.29, 1.82) is 0 Å². The lowest BCUT2D eigenvalue weighted by molar-refractivity contribution is 0.849. The maximum absolute atomic E-state index is 5.19. The summed E-state index contributed by atoms with van der Waals surface area (Å²) in [5.74, 6) is 0. The zero-order valence-electron chi connectivity index (χ0n) is 7.50. The third kappa shape index (κ3) is 1.80. The highest BCUT2D eigenvalue weighted by atomic mass is 32.1. The molecule has 0 amide bonds. The number of anilines is 2. The van der Waals surface area contributed by atoms with Gasteiger partial charge >= 0.3 is 0 Å². The summed E-state index contributed by atoms with van der Waals surface area (Å²) < 4.78 is 0. The van der Waals surface area contributed by atoms with Crippen LogP contribution in [-0.2, 0) is 0 Å². The van der Waals surface area contributed by atoms with Gasteiger partial charge in [-0.25, -0.2) is 0 Å². The van der Waals surface area contributed by atoms with Gasteiger partial charge in [0.1, 0.15) is 0 Å². The SMILES string of the molecule is C[C@H]1CC(=S)Nc2ccccc2N1. The van der Waals surface area contributed by atoms with E-state index in [-0.39, 0.29) is 0 Å². The summed E-state index contributed by atoms with van der Waals surface area (Å²) in [6.07, 6.45) is 0.893. The van der Waals surface area contributed by atoms with Crippen molar-refractivity contribution in [3.05, 3.63) is 24.3 Å². The minimum absolute atomic E-state index is 0.406. The number of hydrogen-bond acceptors (Lipinski definition) is 2. The van der Waals surface area contributed by atoms with E-state index in [1.807, 2.05) is 18.2 Å². The van der Waals surface area contributed by atoms with Crippen molar-refractivity contribution in [3.8, 4) is 0 Å². The molecule has 1 aliphatic heterocycles. The smallest absolute Gasteiger partial charge is 0.0818 e. The zero-order chi connectivity index (χ0) is 9.26. The summed E-state index contributed by atoms with van der Waals surface area (Å²) >= 11 is 5.19. The maximum atomic E-state index is 5.19. The van der Waals surface area contributed by atoms with Crippen LogP contribution in [0.15, 0.2) is 24.3 Å². The molecule has 1 heterocycles. The third-order valence-electron chi connectivity index (χ3n) is 2.09. The molecule has 0 aromatic heterocycles. The Bertz CT molecular complexity index is 335. The lowest BCUT2D eigenvalue weighted by Gasteiger charge is -2.10. The summed E-state index contributed by atoms with van der Waals surface area (Å²) in [5.41, 5.74) is 2.21. The second-order valence-corrected chi connectivity index (χ2v) is 3.84. The van der Waals surface area contributed by atoms with Crippen LogP contribution in [0.2, 0.25) is 0 Å². The predicted octanol–water partition coefficient (Wildman–Crippen LogP) is 2.63. The number of benzene rings is 1. The first kappa shape index (κ1) is 8.51. The van der Waals surface area contributed by atoms with E-state index in [2.05, 4.69) is 23.6 Å². The molecule has 13 heavy (non-hydrogen) atoms. The Kier molecular flexibility index (Phi) is 2.19. The minimum atomic E-state index is 0.406. The van der Waals surface area contributed by atoms with Crippen molar-refractivity contribution in [2.24, 2.45) is 0 Å². The van der Waals surface area contributed by atoms with Crippen LogP contribution in [-0.4, -0.2) is 11.0 Å². The van der Waals surface area contributed by atoms with Crippen LogP contribution >= 0.6 is 12.2 Å². The Morgan fingerprint density at radius 3 is 2.77 bits per heavy atom. The van der Waals surface area contributed by atoms with Gasteiger partial charge in [0, 0.05) is 12.5 Å². The number of para-hydroxylation sites is 2. The van der Waals surface area contributed by atoms with E-state index >= 15 is 0 Å². The molecule has 2 nitrogen and oxygen atoms in total. The van der Waals surface area contributed by atoms with E-state index < -0.39 is 0 Å². The van der Waals surface area contributed by atoms with E-state index in [0.29, 0.717) is 6.04 Å². The fraction of sp³-hybridized carbons (Fsp3) is 0.300. The molecular formula is C10H12N2S. The van der Waals surface area contributed by atoms with Crippen LogP contribution in [0.25, 0.3) is 0 Å². The van der Waals surface area contributed by atoms with Crippen LogP contribution in [0.5, 0.6) is 0 Å². The number of fused-ring (bicyclic) bond motifs is 1. The number of rotatable bonds is 0. The fourth-order valence-electron chi connectivity index (χ4n) is 1.51. The third-order valence-corrected chi connectivity index (χ3v) is 2.36. The normalized spacial score (nSPS) is 21.0. The predicted molar refractivity (Wildman–Crippen MR) is 60.4 cm³/mol. The first-order valence-electron chi connectivity index (χ1n) is 4.41. The molecule has 68 valence electrons. The molecule has 0 radical (unpaired) electrons. The van der Waals surface area contributed by atoms with Crippen molar-refractivity contribution in [1.82, 2.24) is 0 Å². The van der Waals surface area contributed by atoms with Gasteiger partial charge in [-0.15, -0.1) is 0 Å². The molecule has 0 spiro atoms. The van der Waals surface area contributed by atoms with Crippen LogP contribution in [0, 0.1) is 0 Å². The van der Waals surface area contributed by atoms with Gasteiger partial charge in [-0.1, -0.05) is 24.4 Å². The molecule has 1 aliphatic rings. The van der Waals surface area contributed by atoms with Crippen molar-refractivity contribution >= 4 is 28.6 Å². The Morgan fingerprint density at radius 2 is 2.00 bits per heavy atom. The minimum Gasteiger partial charge on any atom is -0.380 e. The highest BCUT2D eigenvalue weighted by Gasteiger charge is 2.13. The van der Waals surface area contributed by atoms with E-state index in [9.17, 15) is 0 Å². The Labute approximate surface area is 83.3 Å². The molecule has 1 atom stereocenters. The van der Waals surface area contributed by atoms with E-state index in [1.165, 1.54) is 0 Å². The summed E-state index contributed by atoms with van der Waals surface area (Å²) in [6, 6.07) is 8.53. The molecule has 2 rings (SSSR count). The largest absolute Gasteiger partial charge is 0.380 e. The second-order valence-electron chi connectivity index (χ2n) is 3.34. The van der Waals surface area contributed by atoms with E-state index in [0.717, 1.165) is 22.8 Å². The molecule has 0 aliphatic carbocycles. The molecule has 0 bridgehead atoms. The zero-order valence-corrected chi connectivity index (χ0v) is 8.32. The topological polar surface area (TPSA) is 24.1 Å². The maximum Gasteiger partial charge on any atom is 0.0818 e. The first-order valence-corrected chi connectivity index (χ1v) is 4.82. The van der Waals surface area contributed by atoms with Crippen LogP contribution in [0.1, 0.15) is 13.3 Å². The van der Waals surface area contributed by atoms with Crippen molar-refractivity contribution in [3.63, 3.8) is 0 Å². The molecule has 0 fully saturated rings. The van der Waals surface area contributed by atoms with Crippen LogP contribution in [0.3, 0.4) is 0 Å². The van der Waals surface area contributed by atoms with Gasteiger partial charge in [0.2, 0.25) is 0 Å². The molecule has 0 saturated heterocycles. The summed E-state index contributed by atoms with van der Waals surface area (Å²) in [4.78, 5) is 0.907. The lowest BCUT2D eigenvalue weighted by atomic mass is 10.2. The highest BCUT2D eigenvalue weighted by Crippen LogP contribution is 2.25. The molecule has 3 heteroatoms. The van der Waals surface area contributed by atoms with Gasteiger partial charge < -0.3 is 10.6 Å². The van der Waals surface area contributed by atoms with Crippen LogP contribution < -0.4 is 10.6 Å². The molecule has 1 aromatic rings. The molecular weight excluding hydrogens is 180 g/mol. The van der Waals surface area contributed by atoms with Gasteiger partial charge in [-0.05, 0) is 19.1 Å². The van der Waals surface area contributed by atoms with Gasteiger partial charge in [0.15, 0.2) is 0 Å². The molecule has 1 aromatic carbocycles. The highest BCUT2D eigenvalue weighted by molar-refractivity contribution is 7.80. The average Bonchev–Trinajstić information content (AvgIpc) is 2.20. The van der Waals surface area contributed by atoms with Crippen molar-refractivity contribution in [2.45, 2.75) is 19.4 Å². The molecule has 2 N–H and O–H groups in total. The quantitative estimate of drug-likeness (QED) is 0.618. The number of nitrogens with one attached hydrogen (secondary N) is 2. The first-order chi connectivity index (χ1) is 6.25. The lowest BCUT2D eigenvalue weighted by Crippen LogP contribution is -2.17. The average molecular weight is 192 g/mol. The van der Waals surface area contributed by atoms with E-state index in [4.69, 9.17) is 12.2 Å². The van der Waals surface area contributed by atoms with Gasteiger partial charge in [-0.3, -0.25) is 0 Å². The van der Waals surface area contributed by atoms with Gasteiger partial charge in [-0.2, -0.15) is 0 Å². The second kappa shape index (κ2) is 3.34. The Morgan fingerprint density at radius 1 is 1.31 bits per heavy atom. The molecule has 0 saturated carbocycles. The fourth-order valence-corrected chi connectivity index (χ4v) is 1.87. The Hall–Kier alpha value is -1.09. The summed E-state index contributed by atoms with van der Waals surface area (Å²) in [5, 5.41) is 6.62. The molecule has 0 unspecified atom stereocenters. The Balaban J connectivity index is 2.38. The summed E-state index contributed by atoms with van der Waals surface area (Å²) in [7, 11) is 0.